The van der Waals surface area contributed by atoms with Crippen LogP contribution in [0.3, 0.4) is 0 Å². The summed E-state index contributed by atoms with van der Waals surface area (Å²) in [7, 11) is 1.66. The summed E-state index contributed by atoms with van der Waals surface area (Å²) in [5.74, 6) is -0.338. The van der Waals surface area contributed by atoms with E-state index in [0.29, 0.717) is 38.5 Å². The maximum absolute atomic E-state index is 13.2. The van der Waals surface area contributed by atoms with Gasteiger partial charge in [-0.25, -0.2) is 4.39 Å². The van der Waals surface area contributed by atoms with E-state index in [-0.39, 0.29) is 11.4 Å². The summed E-state index contributed by atoms with van der Waals surface area (Å²) in [6, 6.07) is 14.8. The molecule has 0 spiro atoms. The highest BCUT2D eigenvalue weighted by molar-refractivity contribution is 6.33. The third-order valence-electron chi connectivity index (χ3n) is 4.14. The standard InChI is InChI=1S/C19H12ClFN2O2/c1-23-15(11-6-8-12(21)9-7-11)10-16-17(19(23)24)18(22-25-16)13-4-2-3-5-14(13)20/h2-10H,1H3. The molecule has 0 atom stereocenters. The second kappa shape index (κ2) is 5.86. The fourth-order valence-electron chi connectivity index (χ4n) is 2.84. The van der Waals surface area contributed by atoms with Crippen LogP contribution in [0.1, 0.15) is 0 Å². The fourth-order valence-corrected chi connectivity index (χ4v) is 3.07. The molecule has 6 heteroatoms. The predicted molar refractivity (Wildman–Crippen MR) is 95.1 cm³/mol. The van der Waals surface area contributed by atoms with Crippen LogP contribution < -0.4 is 5.56 Å². The monoisotopic (exact) mass is 354 g/mol. The maximum atomic E-state index is 13.2. The van der Waals surface area contributed by atoms with Gasteiger partial charge in [0.1, 0.15) is 16.9 Å². The lowest BCUT2D eigenvalue weighted by atomic mass is 10.1. The number of nitrogens with zero attached hydrogens (tertiary/aromatic N) is 2. The first kappa shape index (κ1) is 15.6. The van der Waals surface area contributed by atoms with Gasteiger partial charge in [0.25, 0.3) is 5.56 Å². The van der Waals surface area contributed by atoms with Gasteiger partial charge in [0, 0.05) is 18.7 Å². The first-order chi connectivity index (χ1) is 12.1. The van der Waals surface area contributed by atoms with Crippen molar-refractivity contribution in [2.75, 3.05) is 0 Å². The molecule has 2 heterocycles. The van der Waals surface area contributed by atoms with Gasteiger partial charge < -0.3 is 9.09 Å². The smallest absolute Gasteiger partial charge is 0.264 e. The molecule has 0 aliphatic heterocycles. The van der Waals surface area contributed by atoms with E-state index in [1.165, 1.54) is 16.7 Å². The number of halogens is 2. The Morgan fingerprint density at radius 1 is 1.12 bits per heavy atom. The zero-order valence-corrected chi connectivity index (χ0v) is 13.9. The Bertz CT molecular complexity index is 1150. The van der Waals surface area contributed by atoms with E-state index >= 15 is 0 Å². The van der Waals surface area contributed by atoms with Crippen LogP contribution in [0.4, 0.5) is 4.39 Å². The Kier molecular flexibility index (Phi) is 3.66. The number of hydrogen-bond acceptors (Lipinski definition) is 3. The van der Waals surface area contributed by atoms with Crippen LogP contribution in [0.5, 0.6) is 0 Å². The second-order valence-electron chi connectivity index (χ2n) is 5.65. The Labute approximate surface area is 147 Å². The van der Waals surface area contributed by atoms with Gasteiger partial charge in [-0.05, 0) is 35.9 Å². The first-order valence-electron chi connectivity index (χ1n) is 7.56. The largest absolute Gasteiger partial charge is 0.355 e. The highest BCUT2D eigenvalue weighted by Crippen LogP contribution is 2.32. The summed E-state index contributed by atoms with van der Waals surface area (Å²) in [5, 5.41) is 4.90. The van der Waals surface area contributed by atoms with Gasteiger partial charge in [-0.2, -0.15) is 0 Å². The second-order valence-corrected chi connectivity index (χ2v) is 6.06. The molecular formula is C19H12ClFN2O2. The summed E-state index contributed by atoms with van der Waals surface area (Å²) < 4.78 is 20.0. The molecule has 4 aromatic rings. The van der Waals surface area contributed by atoms with Gasteiger partial charge in [-0.15, -0.1) is 0 Å². The van der Waals surface area contributed by atoms with Gasteiger partial charge in [-0.3, -0.25) is 4.79 Å². The van der Waals surface area contributed by atoms with Crippen LogP contribution in [0, 0.1) is 5.82 Å². The zero-order valence-electron chi connectivity index (χ0n) is 13.2. The fraction of sp³-hybridized carbons (Fsp3) is 0.0526. The van der Waals surface area contributed by atoms with Crippen molar-refractivity contribution < 1.29 is 8.91 Å². The molecule has 0 fully saturated rings. The molecule has 2 aromatic heterocycles. The maximum Gasteiger partial charge on any atom is 0.264 e. The molecule has 0 N–H and O–H groups in total. The molecule has 0 aliphatic carbocycles. The number of rotatable bonds is 2. The number of aromatic nitrogens is 2. The number of benzene rings is 2. The van der Waals surface area contributed by atoms with Gasteiger partial charge >= 0.3 is 0 Å². The highest BCUT2D eigenvalue weighted by atomic mass is 35.5. The molecule has 0 unspecified atom stereocenters. The average molecular weight is 355 g/mol. The van der Waals surface area contributed by atoms with E-state index in [0.717, 1.165) is 0 Å². The van der Waals surface area contributed by atoms with E-state index in [1.54, 1.807) is 43.4 Å². The van der Waals surface area contributed by atoms with Gasteiger partial charge in [0.2, 0.25) is 0 Å². The van der Waals surface area contributed by atoms with Crippen LogP contribution in [0.15, 0.2) is 63.9 Å². The molecule has 25 heavy (non-hydrogen) atoms. The summed E-state index contributed by atoms with van der Waals surface area (Å²) in [6.45, 7) is 0. The Morgan fingerprint density at radius 2 is 1.84 bits per heavy atom. The molecule has 0 aliphatic rings. The number of fused-ring (bicyclic) bond motifs is 1. The van der Waals surface area contributed by atoms with E-state index < -0.39 is 0 Å². The van der Waals surface area contributed by atoms with Gasteiger partial charge in [0.05, 0.1) is 10.7 Å². The third-order valence-corrected chi connectivity index (χ3v) is 4.46. The Balaban J connectivity index is 1.98. The molecule has 0 saturated carbocycles. The minimum Gasteiger partial charge on any atom is -0.355 e. The third kappa shape index (κ3) is 2.53. The molecule has 124 valence electrons. The molecule has 0 saturated heterocycles. The van der Waals surface area contributed by atoms with Crippen LogP contribution in [0.2, 0.25) is 5.02 Å². The van der Waals surface area contributed by atoms with E-state index in [1.807, 2.05) is 6.07 Å². The molecule has 0 bridgehead atoms. The van der Waals surface area contributed by atoms with Crippen molar-refractivity contribution in [1.29, 1.82) is 0 Å². The summed E-state index contributed by atoms with van der Waals surface area (Å²) in [4.78, 5) is 12.9. The molecule has 2 aromatic carbocycles. The van der Waals surface area contributed by atoms with E-state index in [4.69, 9.17) is 16.1 Å². The predicted octanol–water partition coefficient (Wildman–Crippen LogP) is 4.65. The van der Waals surface area contributed by atoms with Crippen molar-refractivity contribution in [2.24, 2.45) is 7.05 Å². The lowest BCUT2D eigenvalue weighted by molar-refractivity contribution is 0.459. The normalized spacial score (nSPS) is 11.2. The van der Waals surface area contributed by atoms with Crippen molar-refractivity contribution in [3.8, 4) is 22.5 Å². The van der Waals surface area contributed by atoms with Crippen LogP contribution in [0.25, 0.3) is 33.5 Å². The first-order valence-corrected chi connectivity index (χ1v) is 7.94. The van der Waals surface area contributed by atoms with Crippen molar-refractivity contribution in [2.45, 2.75) is 0 Å². The van der Waals surface area contributed by atoms with Crippen LogP contribution >= 0.6 is 11.6 Å². The lowest BCUT2D eigenvalue weighted by Gasteiger charge is -2.08. The molecule has 0 radical (unpaired) electrons. The van der Waals surface area contributed by atoms with E-state index in [2.05, 4.69) is 5.16 Å². The molecule has 0 amide bonds. The van der Waals surface area contributed by atoms with Crippen molar-refractivity contribution in [3.63, 3.8) is 0 Å². The average Bonchev–Trinajstić information content (AvgIpc) is 3.03. The minimum absolute atomic E-state index is 0.256. The van der Waals surface area contributed by atoms with Crippen LogP contribution in [-0.2, 0) is 7.05 Å². The number of hydrogen-bond donors (Lipinski definition) is 0. The molecular weight excluding hydrogens is 343 g/mol. The van der Waals surface area contributed by atoms with Gasteiger partial charge in [0.15, 0.2) is 5.58 Å². The summed E-state index contributed by atoms with van der Waals surface area (Å²) >= 11 is 6.22. The SMILES string of the molecule is Cn1c(-c2ccc(F)cc2)cc2onc(-c3ccccc3Cl)c2c1=O. The van der Waals surface area contributed by atoms with Gasteiger partial charge in [-0.1, -0.05) is 35.0 Å². The van der Waals surface area contributed by atoms with Crippen molar-refractivity contribution in [1.82, 2.24) is 9.72 Å². The molecule has 4 nitrogen and oxygen atoms in total. The lowest BCUT2D eigenvalue weighted by Crippen LogP contribution is -2.18. The Hall–Kier alpha value is -2.92. The van der Waals surface area contributed by atoms with Crippen molar-refractivity contribution in [3.05, 3.63) is 75.8 Å². The number of pyridine rings is 1. The van der Waals surface area contributed by atoms with Crippen molar-refractivity contribution >= 4 is 22.6 Å². The summed E-state index contributed by atoms with van der Waals surface area (Å²) in [6.07, 6.45) is 0. The summed E-state index contributed by atoms with van der Waals surface area (Å²) in [5.41, 5.74) is 2.46. The Morgan fingerprint density at radius 3 is 2.56 bits per heavy atom. The minimum atomic E-state index is -0.338. The van der Waals surface area contributed by atoms with E-state index in [9.17, 15) is 9.18 Å². The quantitative estimate of drug-likeness (QED) is 0.526. The topological polar surface area (TPSA) is 48.0 Å². The molecule has 4 rings (SSSR count). The zero-order chi connectivity index (χ0) is 17.6. The van der Waals surface area contributed by atoms with Crippen LogP contribution in [-0.4, -0.2) is 9.72 Å². The highest BCUT2D eigenvalue weighted by Gasteiger charge is 2.19.